The van der Waals surface area contributed by atoms with E-state index in [4.69, 9.17) is 33.0 Å². The minimum Gasteiger partial charge on any atom is -0.482 e. The van der Waals surface area contributed by atoms with Gasteiger partial charge in [0.1, 0.15) is 5.75 Å². The van der Waals surface area contributed by atoms with Crippen LogP contribution in [0.25, 0.3) is 6.08 Å². The minimum atomic E-state index is -3.48. The molecule has 0 heterocycles. The van der Waals surface area contributed by atoms with Crippen molar-refractivity contribution in [3.63, 3.8) is 0 Å². The van der Waals surface area contributed by atoms with Gasteiger partial charge in [0, 0.05) is 23.1 Å². The summed E-state index contributed by atoms with van der Waals surface area (Å²) in [7, 11) is -3.48. The molecule has 0 atom stereocenters. The molecule has 0 fully saturated rings. The van der Waals surface area contributed by atoms with Gasteiger partial charge in [-0.15, -0.1) is 0 Å². The highest BCUT2D eigenvalue weighted by Gasteiger charge is 2.16. The first-order chi connectivity index (χ1) is 13.1. The molecule has 0 aliphatic carbocycles. The first-order valence-corrected chi connectivity index (χ1v) is 10.8. The maximum Gasteiger partial charge on any atom is 0.341 e. The third-order valence-corrected chi connectivity index (χ3v) is 5.25. The fourth-order valence-corrected chi connectivity index (χ4v) is 3.66. The summed E-state index contributed by atoms with van der Waals surface area (Å²) in [6.07, 6.45) is 4.57. The van der Waals surface area contributed by atoms with Gasteiger partial charge in [-0.2, -0.15) is 4.31 Å². The van der Waals surface area contributed by atoms with Gasteiger partial charge in [-0.3, -0.25) is 0 Å². The molecule has 2 aromatic carbocycles. The first-order valence-electron chi connectivity index (χ1n) is 8.15. The third-order valence-electron chi connectivity index (χ3n) is 3.59. The van der Waals surface area contributed by atoms with Gasteiger partial charge in [0.2, 0.25) is 10.0 Å². The van der Waals surface area contributed by atoms with Crippen molar-refractivity contribution >= 4 is 45.3 Å². The maximum atomic E-state index is 12.1. The summed E-state index contributed by atoms with van der Waals surface area (Å²) in [5.41, 5.74) is 1.43. The zero-order valence-electron chi connectivity index (χ0n) is 15.0. The van der Waals surface area contributed by atoms with Gasteiger partial charge >= 0.3 is 5.97 Å². The second-order valence-electron chi connectivity index (χ2n) is 5.99. The molecule has 0 bridgehead atoms. The highest BCUT2D eigenvalue weighted by molar-refractivity contribution is 7.88. The third kappa shape index (κ3) is 7.52. The van der Waals surface area contributed by atoms with Crippen LogP contribution in [-0.4, -0.2) is 43.2 Å². The number of nitrogens with zero attached hydrogens (tertiary/aromatic N) is 1. The lowest BCUT2D eigenvalue weighted by Crippen LogP contribution is -2.29. The van der Waals surface area contributed by atoms with E-state index in [1.165, 1.54) is 4.31 Å². The molecule has 2 rings (SSSR count). The summed E-state index contributed by atoms with van der Waals surface area (Å²) in [6.45, 7) is -0.211. The summed E-state index contributed by atoms with van der Waals surface area (Å²) < 4.78 is 30.7. The van der Waals surface area contributed by atoms with Crippen molar-refractivity contribution in [3.05, 3.63) is 69.7 Å². The average Bonchev–Trinajstić information content (AvgIpc) is 2.58. The molecule has 2 aromatic rings. The second kappa shape index (κ2) is 9.93. The molecular weight excluding hydrogens is 425 g/mol. The van der Waals surface area contributed by atoms with Crippen molar-refractivity contribution in [2.75, 3.05) is 19.4 Å². The van der Waals surface area contributed by atoms with E-state index < -0.39 is 22.6 Å². The van der Waals surface area contributed by atoms with E-state index in [2.05, 4.69) is 0 Å². The number of ether oxygens (including phenoxy) is 1. The number of hydrogen-bond donors (Lipinski definition) is 1. The van der Waals surface area contributed by atoms with Crippen LogP contribution in [0.15, 0.2) is 48.5 Å². The first kappa shape index (κ1) is 22.2. The van der Waals surface area contributed by atoms with Gasteiger partial charge < -0.3 is 9.84 Å². The van der Waals surface area contributed by atoms with Gasteiger partial charge in [-0.25, -0.2) is 13.2 Å². The molecule has 150 valence electrons. The van der Waals surface area contributed by atoms with E-state index in [0.29, 0.717) is 21.4 Å². The van der Waals surface area contributed by atoms with E-state index in [-0.39, 0.29) is 13.1 Å². The molecule has 0 unspecified atom stereocenters. The van der Waals surface area contributed by atoms with Crippen molar-refractivity contribution in [1.82, 2.24) is 4.31 Å². The number of rotatable bonds is 9. The second-order valence-corrected chi connectivity index (χ2v) is 8.85. The van der Waals surface area contributed by atoms with Crippen LogP contribution in [0.2, 0.25) is 10.0 Å². The smallest absolute Gasteiger partial charge is 0.341 e. The molecule has 28 heavy (non-hydrogen) atoms. The van der Waals surface area contributed by atoms with Gasteiger partial charge in [-0.05, 0) is 41.5 Å². The lowest BCUT2D eigenvalue weighted by atomic mass is 10.2. The Morgan fingerprint density at radius 2 is 1.86 bits per heavy atom. The minimum absolute atomic E-state index is 0.115. The molecule has 0 aromatic heterocycles. The van der Waals surface area contributed by atoms with Crippen LogP contribution in [0.1, 0.15) is 11.1 Å². The lowest BCUT2D eigenvalue weighted by Gasteiger charge is -2.18. The average molecular weight is 444 g/mol. The number of benzene rings is 2. The van der Waals surface area contributed by atoms with Crippen molar-refractivity contribution in [2.24, 2.45) is 0 Å². The van der Waals surface area contributed by atoms with Crippen LogP contribution < -0.4 is 4.74 Å². The quantitative estimate of drug-likeness (QED) is 0.634. The predicted octanol–water partition coefficient (Wildman–Crippen LogP) is 3.93. The SMILES string of the molecule is CS(=O)(=O)N(CC=Cc1cc(Cl)cc(Cl)c1)Cc1cccc(OCC(=O)O)c1. The molecule has 0 aliphatic heterocycles. The zero-order valence-corrected chi connectivity index (χ0v) is 17.3. The normalized spacial score (nSPS) is 11.9. The molecular formula is C19H19Cl2NO5S. The Morgan fingerprint density at radius 1 is 1.18 bits per heavy atom. The van der Waals surface area contributed by atoms with E-state index in [9.17, 15) is 13.2 Å². The Hall–Kier alpha value is -2.06. The standard InChI is InChI=1S/C19H19Cl2NO5S/c1-28(25,26)22(7-3-5-14-8-16(20)11-17(21)9-14)12-15-4-2-6-18(10-15)27-13-19(23)24/h2-6,8-11H,7,12-13H2,1H3,(H,23,24). The lowest BCUT2D eigenvalue weighted by molar-refractivity contribution is -0.139. The van der Waals surface area contributed by atoms with E-state index in [1.54, 1.807) is 54.6 Å². The summed E-state index contributed by atoms with van der Waals surface area (Å²) in [4.78, 5) is 10.6. The predicted molar refractivity (Wildman–Crippen MR) is 110 cm³/mol. The number of halogens is 2. The van der Waals surface area contributed by atoms with Crippen LogP contribution >= 0.6 is 23.2 Å². The van der Waals surface area contributed by atoms with Crippen LogP contribution in [-0.2, 0) is 21.4 Å². The Labute approximate surface area is 174 Å². The fraction of sp³-hybridized carbons (Fsp3) is 0.211. The monoisotopic (exact) mass is 443 g/mol. The Bertz CT molecular complexity index is 956. The highest BCUT2D eigenvalue weighted by atomic mass is 35.5. The topological polar surface area (TPSA) is 83.9 Å². The van der Waals surface area contributed by atoms with Crippen LogP contribution in [0.5, 0.6) is 5.75 Å². The van der Waals surface area contributed by atoms with Gasteiger partial charge in [0.25, 0.3) is 0 Å². The van der Waals surface area contributed by atoms with Crippen LogP contribution in [0.4, 0.5) is 0 Å². The molecule has 0 amide bonds. The number of aliphatic carboxylic acids is 1. The van der Waals surface area contributed by atoms with Crippen LogP contribution in [0.3, 0.4) is 0 Å². The number of carboxylic acids is 1. The van der Waals surface area contributed by atoms with Crippen molar-refractivity contribution in [1.29, 1.82) is 0 Å². The summed E-state index contributed by atoms with van der Waals surface area (Å²) in [6, 6.07) is 11.7. The molecule has 9 heteroatoms. The Morgan fingerprint density at radius 3 is 2.46 bits per heavy atom. The molecule has 6 nitrogen and oxygen atoms in total. The van der Waals surface area contributed by atoms with E-state index in [1.807, 2.05) is 0 Å². The van der Waals surface area contributed by atoms with Gasteiger partial charge in [0.05, 0.1) is 6.26 Å². The fourth-order valence-electron chi connectivity index (χ4n) is 2.38. The molecule has 0 saturated carbocycles. The molecule has 0 aliphatic rings. The number of carbonyl (C=O) groups is 1. The van der Waals surface area contributed by atoms with Crippen molar-refractivity contribution in [3.8, 4) is 5.75 Å². The van der Waals surface area contributed by atoms with Crippen molar-refractivity contribution in [2.45, 2.75) is 6.54 Å². The zero-order chi connectivity index (χ0) is 20.7. The highest BCUT2D eigenvalue weighted by Crippen LogP contribution is 2.20. The molecule has 0 radical (unpaired) electrons. The van der Waals surface area contributed by atoms with Gasteiger partial charge in [0.15, 0.2) is 6.61 Å². The number of sulfonamides is 1. The Balaban J connectivity index is 2.11. The molecule has 0 saturated heterocycles. The van der Waals surface area contributed by atoms with Crippen LogP contribution in [0, 0.1) is 0 Å². The summed E-state index contributed by atoms with van der Waals surface area (Å²) >= 11 is 11.9. The summed E-state index contributed by atoms with van der Waals surface area (Å²) in [5, 5.41) is 9.67. The Kier molecular flexibility index (Phi) is 7.88. The van der Waals surface area contributed by atoms with Gasteiger partial charge in [-0.1, -0.05) is 47.5 Å². The van der Waals surface area contributed by atoms with Crippen molar-refractivity contribution < 1.29 is 23.1 Å². The maximum absolute atomic E-state index is 12.1. The molecule has 0 spiro atoms. The van der Waals surface area contributed by atoms with E-state index >= 15 is 0 Å². The largest absolute Gasteiger partial charge is 0.482 e. The summed E-state index contributed by atoms with van der Waals surface area (Å²) in [5.74, 6) is -0.730. The molecule has 1 N–H and O–H groups in total. The van der Waals surface area contributed by atoms with E-state index in [0.717, 1.165) is 11.8 Å². The number of hydrogen-bond acceptors (Lipinski definition) is 4. The number of carboxylic acid groups (broad SMARTS) is 1.